The number of aliphatic carboxylic acids is 2. The second kappa shape index (κ2) is 21.8. The van der Waals surface area contributed by atoms with E-state index >= 15 is 0 Å². The van der Waals surface area contributed by atoms with Crippen LogP contribution in [0, 0.1) is 35.5 Å². The molecule has 0 aromatic rings. The van der Waals surface area contributed by atoms with Crippen molar-refractivity contribution in [3.8, 4) is 0 Å². The molecule has 2 heterocycles. The number of rotatable bonds is 13. The van der Waals surface area contributed by atoms with Crippen molar-refractivity contribution >= 4 is 38.1 Å². The SMILES string of the molecule is COC(=O)C[C@H](C(=O)O)C1C[C@@H](C)O[C@H]2CCC[C@@H]12.COC(=O)C[C@H](C(=O)O)C1C[C@@H](C)O[C@H]2CCC[C@@H]12.CON(C)C(=O)C[C@@H](C)O[Si](C)(C)C(C)(C)C. The highest BCUT2D eigenvalue weighted by atomic mass is 28.4. The Balaban J connectivity index is 0.000000286. The molecule has 15 heteroatoms. The second-order valence-electron chi connectivity index (χ2n) is 17.4. The van der Waals surface area contributed by atoms with Crippen LogP contribution in [0.4, 0.5) is 0 Å². The van der Waals surface area contributed by atoms with Crippen LogP contribution in [0.5, 0.6) is 0 Å². The van der Waals surface area contributed by atoms with Crippen molar-refractivity contribution in [2.45, 2.75) is 161 Å². The van der Waals surface area contributed by atoms with Gasteiger partial charge in [-0.2, -0.15) is 0 Å². The summed E-state index contributed by atoms with van der Waals surface area (Å²) in [5, 5.41) is 20.3. The maximum atomic E-state index is 11.7. The van der Waals surface area contributed by atoms with E-state index < -0.39 is 44.0 Å². The third-order valence-corrected chi connectivity index (χ3v) is 17.0. The van der Waals surface area contributed by atoms with E-state index in [9.17, 15) is 34.2 Å². The second-order valence-corrected chi connectivity index (χ2v) is 22.1. The molecule has 0 bridgehead atoms. The van der Waals surface area contributed by atoms with Crippen molar-refractivity contribution in [1.29, 1.82) is 0 Å². The highest BCUT2D eigenvalue weighted by Crippen LogP contribution is 2.46. The van der Waals surface area contributed by atoms with Crippen LogP contribution in [-0.4, -0.2) is 112 Å². The van der Waals surface area contributed by atoms with E-state index in [1.807, 2.05) is 20.8 Å². The minimum Gasteiger partial charge on any atom is -0.481 e. The summed E-state index contributed by atoms with van der Waals surface area (Å²) in [6.07, 6.45) is 8.36. The number of carboxylic acid groups (broad SMARTS) is 2. The van der Waals surface area contributed by atoms with E-state index in [0.717, 1.165) is 51.4 Å². The Morgan fingerprint density at radius 1 is 0.745 bits per heavy atom. The lowest BCUT2D eigenvalue weighted by atomic mass is 9.73. The Morgan fingerprint density at radius 2 is 1.15 bits per heavy atom. The van der Waals surface area contributed by atoms with Gasteiger partial charge in [0.15, 0.2) is 8.32 Å². The number of hydrogen-bond donors (Lipinski definition) is 2. The van der Waals surface area contributed by atoms with Crippen LogP contribution >= 0.6 is 0 Å². The fraction of sp³-hybridized carbons (Fsp3) is 0.875. The Morgan fingerprint density at radius 3 is 1.47 bits per heavy atom. The average molecular weight is 802 g/mol. The highest BCUT2D eigenvalue weighted by Gasteiger charge is 2.47. The molecule has 318 valence electrons. The van der Waals surface area contributed by atoms with Gasteiger partial charge in [0.2, 0.25) is 5.91 Å². The number of carbonyl (C=O) groups excluding carboxylic acids is 3. The lowest BCUT2D eigenvalue weighted by Crippen LogP contribution is -2.44. The standard InChI is InChI=1S/2C14H22O5.C12H27NO3Si/c2*1-8-6-10(9-4-3-5-12(9)19-8)11(14(16)17)7-13(15)18-2;1-10(9-11(14)13(5)15-6)16-17(7,8)12(2,3)4/h2*8-12H,3-7H2,1-2H3,(H,16,17);10H,9H2,1-8H3/t2*8-,9+,10?,11+,12+;10-/m111/s1. The van der Waals surface area contributed by atoms with E-state index in [1.54, 1.807) is 7.05 Å². The molecule has 2 N–H and O–H groups in total. The van der Waals surface area contributed by atoms with Crippen LogP contribution in [0.1, 0.15) is 112 Å². The molecular weight excluding hydrogens is 731 g/mol. The fourth-order valence-corrected chi connectivity index (χ4v) is 9.99. The molecule has 55 heavy (non-hydrogen) atoms. The molecule has 2 aliphatic carbocycles. The van der Waals surface area contributed by atoms with Crippen molar-refractivity contribution in [3.05, 3.63) is 0 Å². The summed E-state index contributed by atoms with van der Waals surface area (Å²) < 4.78 is 27.1. The van der Waals surface area contributed by atoms with Gasteiger partial charge in [-0.1, -0.05) is 33.6 Å². The largest absolute Gasteiger partial charge is 0.481 e. The number of methoxy groups -OCH3 is 2. The van der Waals surface area contributed by atoms with Crippen LogP contribution in [0.3, 0.4) is 0 Å². The molecule has 2 saturated heterocycles. The lowest BCUT2D eigenvalue weighted by Gasteiger charge is -2.40. The van der Waals surface area contributed by atoms with Crippen LogP contribution in [0.25, 0.3) is 0 Å². The minimum absolute atomic E-state index is 0.0212. The zero-order valence-corrected chi connectivity index (χ0v) is 36.5. The maximum Gasteiger partial charge on any atom is 0.307 e. The summed E-state index contributed by atoms with van der Waals surface area (Å²) in [5.74, 6) is -3.43. The van der Waals surface area contributed by atoms with Crippen LogP contribution < -0.4 is 0 Å². The first-order valence-corrected chi connectivity index (χ1v) is 22.9. The van der Waals surface area contributed by atoms with E-state index in [4.69, 9.17) is 18.7 Å². The molecule has 2 saturated carbocycles. The predicted molar refractivity (Wildman–Crippen MR) is 207 cm³/mol. The molecule has 11 atom stereocenters. The Bertz CT molecular complexity index is 1200. The number of fused-ring (bicyclic) bond motifs is 2. The quantitative estimate of drug-likeness (QED) is 0.117. The van der Waals surface area contributed by atoms with Crippen molar-refractivity contribution < 1.29 is 62.4 Å². The van der Waals surface area contributed by atoms with E-state index in [1.165, 1.54) is 26.4 Å². The van der Waals surface area contributed by atoms with Gasteiger partial charge >= 0.3 is 23.9 Å². The van der Waals surface area contributed by atoms with Crippen LogP contribution in [0.2, 0.25) is 18.1 Å². The van der Waals surface area contributed by atoms with Gasteiger partial charge in [-0.3, -0.25) is 28.8 Å². The van der Waals surface area contributed by atoms with Crippen molar-refractivity contribution in [1.82, 2.24) is 5.06 Å². The van der Waals surface area contributed by atoms with Gasteiger partial charge < -0.3 is 33.6 Å². The van der Waals surface area contributed by atoms with Gasteiger partial charge in [0, 0.05) is 7.05 Å². The molecule has 2 unspecified atom stereocenters. The number of ether oxygens (including phenoxy) is 4. The molecule has 14 nitrogen and oxygen atoms in total. The van der Waals surface area contributed by atoms with Gasteiger partial charge in [-0.15, -0.1) is 0 Å². The number of esters is 2. The first-order chi connectivity index (χ1) is 25.6. The maximum absolute atomic E-state index is 11.7. The molecule has 0 spiro atoms. The Labute approximate surface area is 329 Å². The zero-order chi connectivity index (χ0) is 41.8. The van der Waals surface area contributed by atoms with Gasteiger partial charge in [0.25, 0.3) is 0 Å². The summed E-state index contributed by atoms with van der Waals surface area (Å²) in [6, 6.07) is 0. The number of hydrogen-bond acceptors (Lipinski definition) is 11. The molecule has 0 aromatic carbocycles. The minimum atomic E-state index is -1.79. The van der Waals surface area contributed by atoms with Crippen LogP contribution in [0.15, 0.2) is 0 Å². The normalized spacial score (nSPS) is 29.0. The molecule has 0 radical (unpaired) electrons. The average Bonchev–Trinajstić information content (AvgIpc) is 3.77. The fourth-order valence-electron chi connectivity index (χ4n) is 8.54. The van der Waals surface area contributed by atoms with E-state index in [2.05, 4.69) is 43.3 Å². The number of nitrogens with zero attached hydrogens (tertiary/aromatic N) is 1. The lowest BCUT2D eigenvalue weighted by molar-refractivity contribution is -0.170. The molecule has 4 rings (SSSR count). The van der Waals surface area contributed by atoms with Gasteiger partial charge in [-0.25, -0.2) is 5.06 Å². The number of carbonyl (C=O) groups is 5. The number of hydroxylamine groups is 2. The first-order valence-electron chi connectivity index (χ1n) is 19.9. The molecule has 1 amide bonds. The molecule has 0 aromatic heterocycles. The summed E-state index contributed by atoms with van der Waals surface area (Å²) >= 11 is 0. The summed E-state index contributed by atoms with van der Waals surface area (Å²) in [4.78, 5) is 62.4. The molecule has 4 aliphatic rings. The summed E-state index contributed by atoms with van der Waals surface area (Å²) in [5.41, 5.74) is 0. The first kappa shape index (κ1) is 48.6. The smallest absolute Gasteiger partial charge is 0.307 e. The summed E-state index contributed by atoms with van der Waals surface area (Å²) in [7, 11) is 3.90. The van der Waals surface area contributed by atoms with Crippen molar-refractivity contribution in [2.75, 3.05) is 28.4 Å². The van der Waals surface area contributed by atoms with Gasteiger partial charge in [-0.05, 0) is 101 Å². The van der Waals surface area contributed by atoms with E-state index in [-0.39, 0.29) is 78.0 Å². The molecular formula is C40H71NO13Si. The Hall–Kier alpha value is -2.59. The van der Waals surface area contributed by atoms with E-state index in [0.29, 0.717) is 6.42 Å². The van der Waals surface area contributed by atoms with Crippen LogP contribution in [-0.2, 0) is 52.2 Å². The number of amides is 1. The van der Waals surface area contributed by atoms with Gasteiger partial charge in [0.1, 0.15) is 0 Å². The monoisotopic (exact) mass is 801 g/mol. The van der Waals surface area contributed by atoms with Crippen molar-refractivity contribution in [2.24, 2.45) is 35.5 Å². The number of carboxylic acids is 2. The molecule has 4 fully saturated rings. The zero-order valence-electron chi connectivity index (χ0n) is 35.5. The topological polar surface area (TPSA) is 184 Å². The highest BCUT2D eigenvalue weighted by molar-refractivity contribution is 6.74. The Kier molecular flexibility index (Phi) is 19.2. The third kappa shape index (κ3) is 14.4. The third-order valence-electron chi connectivity index (χ3n) is 12.4. The van der Waals surface area contributed by atoms with Crippen molar-refractivity contribution in [3.63, 3.8) is 0 Å². The predicted octanol–water partition coefficient (Wildman–Crippen LogP) is 6.49. The summed E-state index contributed by atoms with van der Waals surface area (Å²) in [6.45, 7) is 16.9. The van der Waals surface area contributed by atoms with Gasteiger partial charge in [0.05, 0.1) is 82.9 Å². The molecule has 2 aliphatic heterocycles.